The minimum Gasteiger partial charge on any atom is -0.324 e. The van der Waals surface area contributed by atoms with Gasteiger partial charge in [0, 0.05) is 18.5 Å². The largest absolute Gasteiger partial charge is 0.324 e. The summed E-state index contributed by atoms with van der Waals surface area (Å²) in [7, 11) is 0. The van der Waals surface area contributed by atoms with Gasteiger partial charge in [0.2, 0.25) is 0 Å². The van der Waals surface area contributed by atoms with Gasteiger partial charge in [-0.1, -0.05) is 0 Å². The number of rotatable bonds is 1. The smallest absolute Gasteiger partial charge is 0.128 e. The number of nitrogens with zero attached hydrogens (tertiary/aromatic N) is 1. The predicted molar refractivity (Wildman–Crippen MR) is 45.7 cm³/mol. The summed E-state index contributed by atoms with van der Waals surface area (Å²) in [4.78, 5) is 0. The summed E-state index contributed by atoms with van der Waals surface area (Å²) in [5.41, 5.74) is 0.488. The summed E-state index contributed by atoms with van der Waals surface area (Å²) in [5.74, 6) is -1.13. The minimum absolute atomic E-state index is 0.488. The van der Waals surface area contributed by atoms with Crippen molar-refractivity contribution in [1.82, 2.24) is 4.57 Å². The van der Waals surface area contributed by atoms with E-state index in [1.807, 2.05) is 0 Å². The van der Waals surface area contributed by atoms with E-state index in [2.05, 4.69) is 0 Å². The molecule has 1 heterocycles. The number of halogens is 2. The molecule has 2 aromatic rings. The second-order valence-electron chi connectivity index (χ2n) is 2.72. The van der Waals surface area contributed by atoms with Gasteiger partial charge in [-0.05, 0) is 24.3 Å². The van der Waals surface area contributed by atoms with E-state index in [0.29, 0.717) is 5.69 Å². The monoisotopic (exact) mass is 179 g/mol. The predicted octanol–water partition coefficient (Wildman–Crippen LogP) is 2.76. The first kappa shape index (κ1) is 7.98. The van der Waals surface area contributed by atoms with Gasteiger partial charge in [-0.15, -0.1) is 0 Å². The third kappa shape index (κ3) is 1.59. The summed E-state index contributed by atoms with van der Waals surface area (Å²) in [5, 5.41) is 0. The fourth-order valence-corrected chi connectivity index (χ4v) is 1.19. The lowest BCUT2D eigenvalue weighted by atomic mass is 10.3. The van der Waals surface area contributed by atoms with Gasteiger partial charge in [-0.3, -0.25) is 0 Å². The molecule has 0 radical (unpaired) electrons. The average molecular weight is 179 g/mol. The molecule has 0 unspecified atom stereocenters. The number of hydrogen-bond acceptors (Lipinski definition) is 0. The molecule has 0 atom stereocenters. The molecule has 66 valence electrons. The molecule has 1 aromatic carbocycles. The number of aromatic nitrogens is 1. The van der Waals surface area contributed by atoms with Crippen molar-refractivity contribution in [3.63, 3.8) is 0 Å². The van der Waals surface area contributed by atoms with E-state index in [1.54, 1.807) is 29.1 Å². The molecule has 2 rings (SSSR count). The molecule has 0 fully saturated rings. The van der Waals surface area contributed by atoms with Gasteiger partial charge in [0.15, 0.2) is 0 Å². The standard InChI is InChI=1S/C10H7F2N/c11-8-5-9(12)7-10(6-8)13-3-1-2-4-13/h1-7H. The van der Waals surface area contributed by atoms with Crippen LogP contribution >= 0.6 is 0 Å². The Kier molecular flexibility index (Phi) is 1.85. The first-order valence-electron chi connectivity index (χ1n) is 3.85. The Morgan fingerprint density at radius 1 is 0.846 bits per heavy atom. The van der Waals surface area contributed by atoms with E-state index in [-0.39, 0.29) is 0 Å². The zero-order chi connectivity index (χ0) is 9.26. The van der Waals surface area contributed by atoms with E-state index < -0.39 is 11.6 Å². The van der Waals surface area contributed by atoms with E-state index in [4.69, 9.17) is 0 Å². The molecule has 0 bridgehead atoms. The molecule has 1 nitrogen and oxygen atoms in total. The molecular formula is C10H7F2N. The molecule has 0 N–H and O–H groups in total. The van der Waals surface area contributed by atoms with Crippen LogP contribution in [0.25, 0.3) is 5.69 Å². The van der Waals surface area contributed by atoms with E-state index in [0.717, 1.165) is 6.07 Å². The summed E-state index contributed by atoms with van der Waals surface area (Å²) in [6.45, 7) is 0. The Morgan fingerprint density at radius 3 is 1.92 bits per heavy atom. The van der Waals surface area contributed by atoms with Gasteiger partial charge >= 0.3 is 0 Å². The molecule has 0 saturated carbocycles. The average Bonchev–Trinajstić information content (AvgIpc) is 2.53. The Labute approximate surface area is 74.2 Å². The van der Waals surface area contributed by atoms with Crippen molar-refractivity contribution < 1.29 is 8.78 Å². The van der Waals surface area contributed by atoms with Crippen LogP contribution < -0.4 is 0 Å². The van der Waals surface area contributed by atoms with Crippen LogP contribution in [0.1, 0.15) is 0 Å². The quantitative estimate of drug-likeness (QED) is 0.634. The van der Waals surface area contributed by atoms with Crippen LogP contribution in [-0.4, -0.2) is 4.57 Å². The van der Waals surface area contributed by atoms with Crippen molar-refractivity contribution >= 4 is 0 Å². The second-order valence-corrected chi connectivity index (χ2v) is 2.72. The molecule has 0 saturated heterocycles. The maximum atomic E-state index is 12.8. The first-order valence-corrected chi connectivity index (χ1v) is 3.85. The molecule has 0 aliphatic rings. The fraction of sp³-hybridized carbons (Fsp3) is 0. The highest BCUT2D eigenvalue weighted by Crippen LogP contribution is 2.12. The van der Waals surface area contributed by atoms with Crippen LogP contribution in [0, 0.1) is 11.6 Å². The van der Waals surface area contributed by atoms with E-state index in [1.165, 1.54) is 12.1 Å². The van der Waals surface area contributed by atoms with E-state index in [9.17, 15) is 8.78 Å². The normalized spacial score (nSPS) is 10.3. The van der Waals surface area contributed by atoms with Crippen molar-refractivity contribution in [2.24, 2.45) is 0 Å². The maximum Gasteiger partial charge on any atom is 0.128 e. The van der Waals surface area contributed by atoms with E-state index >= 15 is 0 Å². The highest BCUT2D eigenvalue weighted by molar-refractivity contribution is 5.33. The van der Waals surface area contributed by atoms with Gasteiger partial charge in [-0.25, -0.2) is 8.78 Å². The molecule has 13 heavy (non-hydrogen) atoms. The third-order valence-electron chi connectivity index (χ3n) is 1.75. The van der Waals surface area contributed by atoms with Gasteiger partial charge in [-0.2, -0.15) is 0 Å². The van der Waals surface area contributed by atoms with Crippen LogP contribution in [0.4, 0.5) is 8.78 Å². The number of benzene rings is 1. The van der Waals surface area contributed by atoms with Crippen molar-refractivity contribution in [3.8, 4) is 5.69 Å². The van der Waals surface area contributed by atoms with Crippen molar-refractivity contribution in [2.75, 3.05) is 0 Å². The third-order valence-corrected chi connectivity index (χ3v) is 1.75. The fourth-order valence-electron chi connectivity index (χ4n) is 1.19. The molecule has 0 amide bonds. The summed E-state index contributed by atoms with van der Waals surface area (Å²) < 4.78 is 27.2. The first-order chi connectivity index (χ1) is 6.25. The molecule has 1 aromatic heterocycles. The maximum absolute atomic E-state index is 12.8. The van der Waals surface area contributed by atoms with Crippen molar-refractivity contribution in [2.45, 2.75) is 0 Å². The van der Waals surface area contributed by atoms with Gasteiger partial charge in [0.1, 0.15) is 11.6 Å². The Hall–Kier alpha value is -1.64. The Bertz CT molecular complexity index is 387. The van der Waals surface area contributed by atoms with Crippen LogP contribution in [0.3, 0.4) is 0 Å². The SMILES string of the molecule is Fc1cc(F)cc(-n2cccc2)c1. The summed E-state index contributed by atoms with van der Waals surface area (Å²) in [6, 6.07) is 7.00. The Morgan fingerprint density at radius 2 is 1.38 bits per heavy atom. The van der Waals surface area contributed by atoms with Crippen molar-refractivity contribution in [3.05, 3.63) is 54.4 Å². The second kappa shape index (κ2) is 3.01. The highest BCUT2D eigenvalue weighted by atomic mass is 19.1. The summed E-state index contributed by atoms with van der Waals surface area (Å²) >= 11 is 0. The zero-order valence-corrected chi connectivity index (χ0v) is 6.74. The lowest BCUT2D eigenvalue weighted by Crippen LogP contribution is -1.91. The topological polar surface area (TPSA) is 4.93 Å². The van der Waals surface area contributed by atoms with Crippen LogP contribution in [0.15, 0.2) is 42.7 Å². The van der Waals surface area contributed by atoms with Crippen LogP contribution in [-0.2, 0) is 0 Å². The molecule has 3 heteroatoms. The molecular weight excluding hydrogens is 172 g/mol. The zero-order valence-electron chi connectivity index (χ0n) is 6.74. The van der Waals surface area contributed by atoms with Gasteiger partial charge < -0.3 is 4.57 Å². The lowest BCUT2D eigenvalue weighted by molar-refractivity contribution is 0.581. The van der Waals surface area contributed by atoms with Gasteiger partial charge in [0.05, 0.1) is 5.69 Å². The van der Waals surface area contributed by atoms with Crippen LogP contribution in [0.2, 0.25) is 0 Å². The van der Waals surface area contributed by atoms with Crippen molar-refractivity contribution in [1.29, 1.82) is 0 Å². The summed E-state index contributed by atoms with van der Waals surface area (Å²) in [6.07, 6.45) is 3.46. The molecule has 0 spiro atoms. The molecule has 0 aliphatic heterocycles. The lowest BCUT2D eigenvalue weighted by Gasteiger charge is -2.02. The minimum atomic E-state index is -0.566. The highest BCUT2D eigenvalue weighted by Gasteiger charge is 2.00. The van der Waals surface area contributed by atoms with Crippen LogP contribution in [0.5, 0.6) is 0 Å². The molecule has 0 aliphatic carbocycles. The van der Waals surface area contributed by atoms with Gasteiger partial charge in [0.25, 0.3) is 0 Å². The number of hydrogen-bond donors (Lipinski definition) is 0. The Balaban J connectivity index is 2.53.